The van der Waals surface area contributed by atoms with Crippen molar-refractivity contribution in [2.45, 2.75) is 19.8 Å². The van der Waals surface area contributed by atoms with E-state index in [2.05, 4.69) is 22.0 Å². The predicted molar refractivity (Wildman–Crippen MR) is 106 cm³/mol. The molecule has 4 heteroatoms. The van der Waals surface area contributed by atoms with Gasteiger partial charge in [0, 0.05) is 22.2 Å². The van der Waals surface area contributed by atoms with Gasteiger partial charge in [-0.3, -0.25) is 9.69 Å². The zero-order valence-electron chi connectivity index (χ0n) is 15.7. The average molecular weight is 350 g/mol. The first-order valence-corrected chi connectivity index (χ1v) is 9.00. The lowest BCUT2D eigenvalue weighted by molar-refractivity contribution is 0.0947. The molecule has 136 valence electrons. The van der Waals surface area contributed by atoms with Crippen LogP contribution in [0.1, 0.15) is 28.0 Å². The Morgan fingerprint density at radius 3 is 2.58 bits per heavy atom. The van der Waals surface area contributed by atoms with Crippen LogP contribution in [-0.2, 0) is 6.42 Å². The summed E-state index contributed by atoms with van der Waals surface area (Å²) in [5, 5.41) is 1.02. The monoisotopic (exact) mass is 350 g/mol. The third kappa shape index (κ3) is 4.14. The molecule has 0 amide bonds. The molecule has 3 aromatic rings. The van der Waals surface area contributed by atoms with Gasteiger partial charge in [0.2, 0.25) is 0 Å². The van der Waals surface area contributed by atoms with Crippen molar-refractivity contribution in [2.75, 3.05) is 27.2 Å². The van der Waals surface area contributed by atoms with Crippen molar-refractivity contribution in [1.29, 1.82) is 0 Å². The van der Waals surface area contributed by atoms with Gasteiger partial charge in [0.25, 0.3) is 0 Å². The molecule has 0 unspecified atom stereocenters. The Bertz CT molecular complexity index is 881. The van der Waals surface area contributed by atoms with Crippen molar-refractivity contribution in [3.05, 3.63) is 65.4 Å². The Kier molecular flexibility index (Phi) is 5.74. The normalized spacial score (nSPS) is 11.2. The Hall–Kier alpha value is -2.59. The summed E-state index contributed by atoms with van der Waals surface area (Å²) in [4.78, 5) is 18.2. The predicted octanol–water partition coefficient (Wildman–Crippen LogP) is 4.23. The SMILES string of the molecule is COc1ccc(CCCN(C)CC(=O)c2c(C)[nH]c3ccccc23)cc1. The van der Waals surface area contributed by atoms with Crippen molar-refractivity contribution in [3.63, 3.8) is 0 Å². The van der Waals surface area contributed by atoms with E-state index < -0.39 is 0 Å². The molecule has 0 aliphatic heterocycles. The number of carbonyl (C=O) groups is 1. The highest BCUT2D eigenvalue weighted by molar-refractivity contribution is 6.10. The number of Topliss-reactive ketones (excluding diaryl/α,β-unsaturated/α-hetero) is 1. The number of aromatic amines is 1. The van der Waals surface area contributed by atoms with Crippen LogP contribution in [-0.4, -0.2) is 42.9 Å². The van der Waals surface area contributed by atoms with Gasteiger partial charge in [0.05, 0.1) is 13.7 Å². The summed E-state index contributed by atoms with van der Waals surface area (Å²) < 4.78 is 5.18. The van der Waals surface area contributed by atoms with Crippen molar-refractivity contribution >= 4 is 16.7 Å². The van der Waals surface area contributed by atoms with Crippen LogP contribution in [0.4, 0.5) is 0 Å². The quantitative estimate of drug-likeness (QED) is 0.618. The highest BCUT2D eigenvalue weighted by Gasteiger charge is 2.17. The van der Waals surface area contributed by atoms with Crippen LogP contribution >= 0.6 is 0 Å². The van der Waals surface area contributed by atoms with Gasteiger partial charge < -0.3 is 9.72 Å². The summed E-state index contributed by atoms with van der Waals surface area (Å²) in [6.07, 6.45) is 2.01. The summed E-state index contributed by atoms with van der Waals surface area (Å²) in [5.41, 5.74) is 4.08. The molecule has 0 spiro atoms. The molecule has 0 atom stereocenters. The third-order valence-electron chi connectivity index (χ3n) is 4.75. The molecule has 2 aromatic carbocycles. The smallest absolute Gasteiger partial charge is 0.179 e. The van der Waals surface area contributed by atoms with E-state index in [1.807, 2.05) is 50.4 Å². The molecule has 0 radical (unpaired) electrons. The van der Waals surface area contributed by atoms with Gasteiger partial charge in [-0.05, 0) is 57.1 Å². The number of ketones is 1. The van der Waals surface area contributed by atoms with E-state index in [-0.39, 0.29) is 5.78 Å². The van der Waals surface area contributed by atoms with Crippen LogP contribution in [0.5, 0.6) is 5.75 Å². The first kappa shape index (κ1) is 18.2. The minimum Gasteiger partial charge on any atom is -0.497 e. The highest BCUT2D eigenvalue weighted by atomic mass is 16.5. The van der Waals surface area contributed by atoms with Gasteiger partial charge >= 0.3 is 0 Å². The van der Waals surface area contributed by atoms with Crippen LogP contribution in [0.3, 0.4) is 0 Å². The molecule has 26 heavy (non-hydrogen) atoms. The Morgan fingerprint density at radius 2 is 1.85 bits per heavy atom. The molecular weight excluding hydrogens is 324 g/mol. The second-order valence-electron chi connectivity index (χ2n) is 6.78. The fraction of sp³-hybridized carbons (Fsp3) is 0.318. The molecule has 4 nitrogen and oxygen atoms in total. The number of methoxy groups -OCH3 is 1. The van der Waals surface area contributed by atoms with E-state index in [0.717, 1.165) is 47.3 Å². The first-order valence-electron chi connectivity index (χ1n) is 9.00. The summed E-state index contributed by atoms with van der Waals surface area (Å²) >= 11 is 0. The maximum Gasteiger partial charge on any atom is 0.179 e. The summed E-state index contributed by atoms with van der Waals surface area (Å²) in [5.74, 6) is 1.05. The molecular formula is C22H26N2O2. The molecule has 1 N–H and O–H groups in total. The van der Waals surface area contributed by atoms with Gasteiger partial charge in [0.15, 0.2) is 5.78 Å². The fourth-order valence-electron chi connectivity index (χ4n) is 3.38. The summed E-state index contributed by atoms with van der Waals surface area (Å²) in [6, 6.07) is 16.2. The Morgan fingerprint density at radius 1 is 1.12 bits per heavy atom. The van der Waals surface area contributed by atoms with Crippen LogP contribution in [0.25, 0.3) is 10.9 Å². The molecule has 0 fully saturated rings. The van der Waals surface area contributed by atoms with Crippen LogP contribution in [0, 0.1) is 6.92 Å². The first-order chi connectivity index (χ1) is 12.6. The van der Waals surface area contributed by atoms with Crippen molar-refractivity contribution in [2.24, 2.45) is 0 Å². The number of aromatic nitrogens is 1. The standard InChI is InChI=1S/C22H26N2O2/c1-16-22(19-8-4-5-9-20(19)23-16)21(25)15-24(2)14-6-7-17-10-12-18(26-3)13-11-17/h4-5,8-13,23H,6-7,14-15H2,1-3H3. The average Bonchev–Trinajstić information content (AvgIpc) is 2.98. The van der Waals surface area contributed by atoms with Crippen LogP contribution in [0.15, 0.2) is 48.5 Å². The van der Waals surface area contributed by atoms with Gasteiger partial charge in [-0.1, -0.05) is 30.3 Å². The largest absolute Gasteiger partial charge is 0.497 e. The molecule has 0 aliphatic carbocycles. The third-order valence-corrected chi connectivity index (χ3v) is 4.75. The zero-order valence-corrected chi connectivity index (χ0v) is 15.7. The van der Waals surface area contributed by atoms with E-state index in [0.29, 0.717) is 6.54 Å². The number of nitrogens with zero attached hydrogens (tertiary/aromatic N) is 1. The Balaban J connectivity index is 1.54. The number of fused-ring (bicyclic) bond motifs is 1. The number of nitrogens with one attached hydrogen (secondary N) is 1. The van der Waals surface area contributed by atoms with E-state index in [1.54, 1.807) is 7.11 Å². The van der Waals surface area contributed by atoms with E-state index in [4.69, 9.17) is 4.74 Å². The molecule has 0 saturated carbocycles. The number of carbonyl (C=O) groups excluding carboxylic acids is 1. The molecule has 1 heterocycles. The van der Waals surface area contributed by atoms with E-state index >= 15 is 0 Å². The van der Waals surface area contributed by atoms with Gasteiger partial charge in [-0.2, -0.15) is 0 Å². The fourth-order valence-corrected chi connectivity index (χ4v) is 3.38. The van der Waals surface area contributed by atoms with Crippen LogP contribution < -0.4 is 4.74 Å². The van der Waals surface area contributed by atoms with Crippen molar-refractivity contribution in [1.82, 2.24) is 9.88 Å². The molecule has 0 saturated heterocycles. The number of rotatable bonds is 8. The maximum absolute atomic E-state index is 12.8. The van der Waals surface area contributed by atoms with Crippen molar-refractivity contribution < 1.29 is 9.53 Å². The number of hydrogen-bond donors (Lipinski definition) is 1. The number of likely N-dealkylation sites (N-methyl/N-ethyl adjacent to an activating group) is 1. The number of H-pyrrole nitrogens is 1. The van der Waals surface area contributed by atoms with Crippen molar-refractivity contribution in [3.8, 4) is 5.75 Å². The van der Waals surface area contributed by atoms with Crippen LogP contribution in [0.2, 0.25) is 0 Å². The number of para-hydroxylation sites is 1. The molecule has 1 aromatic heterocycles. The Labute approximate surface area is 154 Å². The summed E-state index contributed by atoms with van der Waals surface area (Å²) in [6.45, 7) is 3.29. The van der Waals surface area contributed by atoms with Gasteiger partial charge in [-0.15, -0.1) is 0 Å². The molecule has 0 bridgehead atoms. The number of hydrogen-bond acceptors (Lipinski definition) is 3. The minimum atomic E-state index is 0.173. The lowest BCUT2D eigenvalue weighted by atomic mass is 10.1. The summed E-state index contributed by atoms with van der Waals surface area (Å²) in [7, 11) is 3.69. The highest BCUT2D eigenvalue weighted by Crippen LogP contribution is 2.22. The van der Waals surface area contributed by atoms with Gasteiger partial charge in [0.1, 0.15) is 5.75 Å². The topological polar surface area (TPSA) is 45.3 Å². The maximum atomic E-state index is 12.8. The zero-order chi connectivity index (χ0) is 18.5. The van der Waals surface area contributed by atoms with E-state index in [1.165, 1.54) is 5.56 Å². The second-order valence-corrected chi connectivity index (χ2v) is 6.78. The number of benzene rings is 2. The molecule has 0 aliphatic rings. The lowest BCUT2D eigenvalue weighted by Gasteiger charge is -2.16. The molecule has 3 rings (SSSR count). The number of ether oxygens (including phenoxy) is 1. The van der Waals surface area contributed by atoms with E-state index in [9.17, 15) is 4.79 Å². The lowest BCUT2D eigenvalue weighted by Crippen LogP contribution is -2.27. The second kappa shape index (κ2) is 8.19. The number of aryl methyl sites for hydroxylation is 2. The minimum absolute atomic E-state index is 0.173. The van der Waals surface area contributed by atoms with Gasteiger partial charge in [-0.25, -0.2) is 0 Å².